The Kier molecular flexibility index (Phi) is 6.99. The zero-order chi connectivity index (χ0) is 26.6. The van der Waals surface area contributed by atoms with Crippen LogP contribution in [0.15, 0.2) is 84.1 Å². The highest BCUT2D eigenvalue weighted by molar-refractivity contribution is 6.06. The van der Waals surface area contributed by atoms with Gasteiger partial charge in [0.25, 0.3) is 5.91 Å². The number of fused-ring (bicyclic) bond motifs is 1. The van der Waals surface area contributed by atoms with E-state index in [1.54, 1.807) is 25.0 Å². The molecule has 2 N–H and O–H groups in total. The second-order valence-electron chi connectivity index (χ2n) is 8.66. The number of aromatic nitrogens is 3. The average molecular weight is 512 g/mol. The molecule has 1 unspecified atom stereocenters. The number of carbonyl (C=O) groups is 1. The van der Waals surface area contributed by atoms with Gasteiger partial charge in [-0.3, -0.25) is 4.79 Å². The molecule has 9 nitrogen and oxygen atoms in total. The Hall–Kier alpha value is -4.79. The number of benzene rings is 3. The quantitative estimate of drug-likeness (QED) is 0.332. The van der Waals surface area contributed by atoms with Crippen LogP contribution >= 0.6 is 0 Å². The van der Waals surface area contributed by atoms with Crippen molar-refractivity contribution in [1.29, 1.82) is 0 Å². The number of hydrogen-bond acceptors (Lipinski definition) is 7. The summed E-state index contributed by atoms with van der Waals surface area (Å²) in [6.45, 7) is 4.27. The Morgan fingerprint density at radius 2 is 1.68 bits per heavy atom. The Labute approximate surface area is 221 Å². The fraction of sp³-hybridized carbons (Fsp3) is 0.207. The first-order chi connectivity index (χ1) is 18.5. The second kappa shape index (κ2) is 10.7. The minimum atomic E-state index is -0.591. The van der Waals surface area contributed by atoms with Gasteiger partial charge < -0.3 is 24.8 Å². The van der Waals surface area contributed by atoms with Crippen molar-refractivity contribution in [2.24, 2.45) is 0 Å². The Balaban J connectivity index is 1.64. The smallest absolute Gasteiger partial charge is 0.255 e. The molecule has 0 saturated carbocycles. The van der Waals surface area contributed by atoms with E-state index < -0.39 is 6.04 Å². The number of nitrogens with one attached hydrogen (secondary N) is 2. The van der Waals surface area contributed by atoms with Crippen LogP contribution in [-0.4, -0.2) is 41.5 Å². The van der Waals surface area contributed by atoms with Crippen molar-refractivity contribution >= 4 is 17.5 Å². The SMILES string of the molecule is CCOc1ccccc1C1C(C(=O)Nc2ccccc2)=C(C)Nc2nc(-c3cc(OC)cc(OC)c3)nn21. The minimum Gasteiger partial charge on any atom is -0.497 e. The molecule has 1 atom stereocenters. The van der Waals surface area contributed by atoms with Gasteiger partial charge in [0, 0.05) is 28.6 Å². The summed E-state index contributed by atoms with van der Waals surface area (Å²) in [4.78, 5) is 18.5. The maximum atomic E-state index is 13.7. The molecular formula is C29H29N5O4. The van der Waals surface area contributed by atoms with Crippen molar-refractivity contribution < 1.29 is 19.0 Å². The fourth-order valence-electron chi connectivity index (χ4n) is 4.50. The van der Waals surface area contributed by atoms with Gasteiger partial charge in [-0.1, -0.05) is 36.4 Å². The predicted octanol–water partition coefficient (Wildman–Crippen LogP) is 5.29. The van der Waals surface area contributed by atoms with E-state index in [1.807, 2.05) is 80.6 Å². The van der Waals surface area contributed by atoms with Crippen LogP contribution in [0.3, 0.4) is 0 Å². The lowest BCUT2D eigenvalue weighted by molar-refractivity contribution is -0.113. The normalized spacial score (nSPS) is 14.4. The predicted molar refractivity (Wildman–Crippen MR) is 146 cm³/mol. The molecular weight excluding hydrogens is 482 g/mol. The van der Waals surface area contributed by atoms with E-state index in [1.165, 1.54) is 0 Å². The van der Waals surface area contributed by atoms with Gasteiger partial charge in [-0.2, -0.15) is 4.98 Å². The van der Waals surface area contributed by atoms with E-state index >= 15 is 0 Å². The van der Waals surface area contributed by atoms with Crippen molar-refractivity contribution in [3.8, 4) is 28.6 Å². The summed E-state index contributed by atoms with van der Waals surface area (Å²) in [7, 11) is 3.19. The molecule has 0 saturated heterocycles. The van der Waals surface area contributed by atoms with E-state index in [4.69, 9.17) is 24.3 Å². The number of nitrogens with zero attached hydrogens (tertiary/aromatic N) is 3. The Bertz CT molecular complexity index is 1470. The van der Waals surface area contributed by atoms with Gasteiger partial charge in [0.05, 0.1) is 26.4 Å². The molecule has 5 rings (SSSR count). The van der Waals surface area contributed by atoms with Gasteiger partial charge >= 0.3 is 0 Å². The monoisotopic (exact) mass is 511 g/mol. The highest BCUT2D eigenvalue weighted by atomic mass is 16.5. The molecule has 4 aromatic rings. The van der Waals surface area contributed by atoms with E-state index in [0.717, 1.165) is 11.1 Å². The van der Waals surface area contributed by atoms with Crippen LogP contribution in [0.1, 0.15) is 25.5 Å². The molecule has 3 aromatic carbocycles. The van der Waals surface area contributed by atoms with E-state index in [9.17, 15) is 4.79 Å². The van der Waals surface area contributed by atoms with Crippen LogP contribution in [0.4, 0.5) is 11.6 Å². The van der Waals surface area contributed by atoms with Gasteiger partial charge in [-0.05, 0) is 44.2 Å². The number of ether oxygens (including phenoxy) is 3. The van der Waals surface area contributed by atoms with Gasteiger partial charge in [0.15, 0.2) is 5.82 Å². The first-order valence-electron chi connectivity index (χ1n) is 12.3. The van der Waals surface area contributed by atoms with Gasteiger partial charge in [-0.25, -0.2) is 4.68 Å². The standard InChI is InChI=1S/C29H29N5O4/c1-5-38-24-14-10-9-13-23(24)26-25(28(35)31-20-11-7-6-8-12-20)18(2)30-29-32-27(33-34(26)29)19-15-21(36-3)17-22(16-19)37-4/h6-17,26H,5H2,1-4H3,(H,31,35)(H,30,32,33). The van der Waals surface area contributed by atoms with E-state index in [0.29, 0.717) is 52.6 Å². The number of methoxy groups -OCH3 is 2. The number of amides is 1. The van der Waals surface area contributed by atoms with Gasteiger partial charge in [0.2, 0.25) is 5.95 Å². The van der Waals surface area contributed by atoms with Crippen molar-refractivity contribution in [2.45, 2.75) is 19.9 Å². The Morgan fingerprint density at radius 3 is 2.37 bits per heavy atom. The molecule has 0 aliphatic carbocycles. The number of hydrogen-bond donors (Lipinski definition) is 2. The zero-order valence-corrected chi connectivity index (χ0v) is 21.7. The van der Waals surface area contributed by atoms with Gasteiger partial charge in [0.1, 0.15) is 23.3 Å². The molecule has 0 radical (unpaired) electrons. The molecule has 1 aliphatic rings. The fourth-order valence-corrected chi connectivity index (χ4v) is 4.50. The minimum absolute atomic E-state index is 0.247. The topological polar surface area (TPSA) is 99.5 Å². The Morgan fingerprint density at radius 1 is 1.00 bits per heavy atom. The maximum absolute atomic E-state index is 13.7. The van der Waals surface area contributed by atoms with Crippen molar-refractivity contribution in [3.63, 3.8) is 0 Å². The van der Waals surface area contributed by atoms with Crippen LogP contribution in [-0.2, 0) is 4.79 Å². The van der Waals surface area contributed by atoms with Crippen molar-refractivity contribution in [1.82, 2.24) is 14.8 Å². The van der Waals surface area contributed by atoms with Crippen molar-refractivity contribution in [3.05, 3.63) is 89.6 Å². The van der Waals surface area contributed by atoms with Crippen LogP contribution in [0.25, 0.3) is 11.4 Å². The van der Waals surface area contributed by atoms with E-state index in [2.05, 4.69) is 10.6 Å². The second-order valence-corrected chi connectivity index (χ2v) is 8.66. The lowest BCUT2D eigenvalue weighted by Crippen LogP contribution is -2.31. The first kappa shape index (κ1) is 24.9. The summed E-state index contributed by atoms with van der Waals surface area (Å²) in [6.07, 6.45) is 0. The highest BCUT2D eigenvalue weighted by Crippen LogP contribution is 2.40. The summed E-state index contributed by atoms with van der Waals surface area (Å²) < 4.78 is 18.6. The third kappa shape index (κ3) is 4.78. The molecule has 9 heteroatoms. The van der Waals surface area contributed by atoms with E-state index in [-0.39, 0.29) is 5.91 Å². The molecule has 1 amide bonds. The summed E-state index contributed by atoms with van der Waals surface area (Å²) in [6, 6.07) is 21.9. The molecule has 1 aliphatic heterocycles. The lowest BCUT2D eigenvalue weighted by Gasteiger charge is -2.29. The van der Waals surface area contributed by atoms with Crippen LogP contribution < -0.4 is 24.8 Å². The third-order valence-corrected chi connectivity index (χ3v) is 6.25. The number of rotatable bonds is 8. The summed E-state index contributed by atoms with van der Waals surface area (Å²) in [5, 5.41) is 11.2. The molecule has 0 bridgehead atoms. The van der Waals surface area contributed by atoms with Crippen LogP contribution in [0.2, 0.25) is 0 Å². The molecule has 2 heterocycles. The summed E-state index contributed by atoms with van der Waals surface area (Å²) in [5.41, 5.74) is 3.39. The summed E-state index contributed by atoms with van der Waals surface area (Å²) in [5.74, 6) is 2.63. The number of carbonyl (C=O) groups excluding carboxylic acids is 1. The zero-order valence-electron chi connectivity index (χ0n) is 21.7. The molecule has 38 heavy (non-hydrogen) atoms. The summed E-state index contributed by atoms with van der Waals surface area (Å²) >= 11 is 0. The average Bonchev–Trinajstić information content (AvgIpc) is 3.36. The maximum Gasteiger partial charge on any atom is 0.255 e. The third-order valence-electron chi connectivity index (χ3n) is 6.25. The molecule has 1 aromatic heterocycles. The number of anilines is 2. The molecule has 194 valence electrons. The highest BCUT2D eigenvalue weighted by Gasteiger charge is 2.36. The molecule has 0 spiro atoms. The number of para-hydroxylation sites is 2. The lowest BCUT2D eigenvalue weighted by atomic mass is 9.94. The number of allylic oxidation sites excluding steroid dienone is 1. The van der Waals surface area contributed by atoms with Crippen molar-refractivity contribution in [2.75, 3.05) is 31.5 Å². The largest absolute Gasteiger partial charge is 0.497 e. The van der Waals surface area contributed by atoms with Crippen LogP contribution in [0, 0.1) is 0 Å². The van der Waals surface area contributed by atoms with Crippen LogP contribution in [0.5, 0.6) is 17.2 Å². The molecule has 0 fully saturated rings. The first-order valence-corrected chi connectivity index (χ1v) is 12.3. The van der Waals surface area contributed by atoms with Gasteiger partial charge in [-0.15, -0.1) is 5.10 Å².